The van der Waals surface area contributed by atoms with Crippen molar-refractivity contribution in [1.29, 1.82) is 0 Å². The number of halogens is 1. The summed E-state index contributed by atoms with van der Waals surface area (Å²) in [7, 11) is 0. The van der Waals surface area contributed by atoms with E-state index in [-0.39, 0.29) is 30.8 Å². The van der Waals surface area contributed by atoms with Gasteiger partial charge in [-0.15, -0.1) is 0 Å². The molecule has 0 aliphatic rings. The molecule has 0 aromatic heterocycles. The molecule has 0 aliphatic heterocycles. The summed E-state index contributed by atoms with van der Waals surface area (Å²) in [5, 5.41) is 5.05. The third kappa shape index (κ3) is 5.19. The number of hydrogen-bond acceptors (Lipinski definition) is 2. The molecule has 1 N–H and O–H groups in total. The van der Waals surface area contributed by atoms with Crippen molar-refractivity contribution in [3.05, 3.63) is 78.1 Å². The zero-order chi connectivity index (χ0) is 20.8. The lowest BCUT2D eigenvalue weighted by Gasteiger charge is -2.28. The van der Waals surface area contributed by atoms with Crippen molar-refractivity contribution in [2.75, 3.05) is 11.9 Å². The van der Waals surface area contributed by atoms with Crippen LogP contribution in [0.15, 0.2) is 66.7 Å². The van der Waals surface area contributed by atoms with Crippen LogP contribution in [0.5, 0.6) is 0 Å². The van der Waals surface area contributed by atoms with Crippen molar-refractivity contribution < 1.29 is 14.0 Å². The predicted octanol–water partition coefficient (Wildman–Crippen LogP) is 5.25. The number of nitrogens with zero attached hydrogens (tertiary/aromatic N) is 1. The van der Waals surface area contributed by atoms with Crippen molar-refractivity contribution in [2.24, 2.45) is 0 Å². The van der Waals surface area contributed by atoms with E-state index in [1.165, 1.54) is 18.2 Å². The first-order chi connectivity index (χ1) is 14.0. The van der Waals surface area contributed by atoms with Crippen LogP contribution >= 0.6 is 0 Å². The molecule has 0 saturated carbocycles. The molecular formula is C24H25FN2O2. The minimum absolute atomic E-state index is 0.0563. The average Bonchev–Trinajstić information content (AvgIpc) is 2.73. The number of benzene rings is 3. The number of anilines is 1. The highest BCUT2D eigenvalue weighted by Gasteiger charge is 2.21. The maximum absolute atomic E-state index is 13.5. The van der Waals surface area contributed by atoms with Gasteiger partial charge in [0.1, 0.15) is 5.82 Å². The molecule has 3 rings (SSSR count). The Kier molecular flexibility index (Phi) is 6.60. The number of hydrogen-bond donors (Lipinski definition) is 1. The van der Waals surface area contributed by atoms with Gasteiger partial charge in [0.2, 0.25) is 5.91 Å². The second kappa shape index (κ2) is 9.32. The van der Waals surface area contributed by atoms with E-state index in [9.17, 15) is 14.0 Å². The Morgan fingerprint density at radius 1 is 1.00 bits per heavy atom. The van der Waals surface area contributed by atoms with E-state index in [0.29, 0.717) is 5.56 Å². The summed E-state index contributed by atoms with van der Waals surface area (Å²) in [6, 6.07) is 19.3. The summed E-state index contributed by atoms with van der Waals surface area (Å²) in [5.41, 5.74) is 1.01. The molecule has 3 aromatic carbocycles. The Labute approximate surface area is 170 Å². The van der Waals surface area contributed by atoms with Gasteiger partial charge in [-0.1, -0.05) is 43.3 Å². The topological polar surface area (TPSA) is 49.4 Å². The molecule has 1 atom stereocenters. The molecule has 3 aromatic rings. The van der Waals surface area contributed by atoms with Crippen LogP contribution in [0.1, 0.15) is 37.0 Å². The molecule has 4 nitrogen and oxygen atoms in total. The molecular weight excluding hydrogens is 367 g/mol. The SMILES string of the molecule is CCC(C)N(CCC(=O)Nc1ccc2ccccc2c1)C(=O)c1cccc(F)c1. The lowest BCUT2D eigenvalue weighted by molar-refractivity contribution is -0.116. The second-order valence-electron chi connectivity index (χ2n) is 7.13. The van der Waals surface area contributed by atoms with Gasteiger partial charge in [-0.3, -0.25) is 9.59 Å². The lowest BCUT2D eigenvalue weighted by atomic mass is 10.1. The van der Waals surface area contributed by atoms with Crippen LogP contribution in [-0.4, -0.2) is 29.3 Å². The van der Waals surface area contributed by atoms with E-state index in [2.05, 4.69) is 5.32 Å². The summed E-state index contributed by atoms with van der Waals surface area (Å²) in [6.45, 7) is 4.17. The van der Waals surface area contributed by atoms with Crippen LogP contribution in [0, 0.1) is 5.82 Å². The Balaban J connectivity index is 1.66. The molecule has 0 spiro atoms. The quantitative estimate of drug-likeness (QED) is 0.597. The Morgan fingerprint density at radius 3 is 2.48 bits per heavy atom. The molecule has 0 radical (unpaired) electrons. The largest absolute Gasteiger partial charge is 0.335 e. The zero-order valence-electron chi connectivity index (χ0n) is 16.7. The molecule has 0 bridgehead atoms. The molecule has 0 saturated heterocycles. The third-order valence-corrected chi connectivity index (χ3v) is 5.07. The number of carbonyl (C=O) groups is 2. The monoisotopic (exact) mass is 392 g/mol. The van der Waals surface area contributed by atoms with Crippen molar-refractivity contribution in [3.63, 3.8) is 0 Å². The Bertz CT molecular complexity index is 1020. The number of carbonyl (C=O) groups excluding carboxylic acids is 2. The van der Waals surface area contributed by atoms with Crippen LogP contribution in [0.3, 0.4) is 0 Å². The molecule has 0 aliphatic carbocycles. The average molecular weight is 392 g/mol. The number of nitrogens with one attached hydrogen (secondary N) is 1. The molecule has 5 heteroatoms. The first-order valence-corrected chi connectivity index (χ1v) is 9.83. The van der Waals surface area contributed by atoms with Crippen LogP contribution in [0.25, 0.3) is 10.8 Å². The van der Waals surface area contributed by atoms with Crippen LogP contribution < -0.4 is 5.32 Å². The lowest BCUT2D eigenvalue weighted by Crippen LogP contribution is -2.40. The molecule has 150 valence electrons. The van der Waals surface area contributed by atoms with Gasteiger partial charge in [0, 0.05) is 30.3 Å². The molecule has 2 amide bonds. The van der Waals surface area contributed by atoms with Gasteiger partial charge in [-0.25, -0.2) is 4.39 Å². The van der Waals surface area contributed by atoms with E-state index in [1.54, 1.807) is 11.0 Å². The normalized spacial score (nSPS) is 11.8. The highest BCUT2D eigenvalue weighted by molar-refractivity contribution is 5.96. The maximum Gasteiger partial charge on any atom is 0.254 e. The van der Waals surface area contributed by atoms with E-state index in [1.807, 2.05) is 56.3 Å². The van der Waals surface area contributed by atoms with Crippen LogP contribution in [0.4, 0.5) is 10.1 Å². The summed E-state index contributed by atoms with van der Waals surface area (Å²) in [4.78, 5) is 26.9. The minimum atomic E-state index is -0.450. The second-order valence-corrected chi connectivity index (χ2v) is 7.13. The Hall–Kier alpha value is -3.21. The standard InChI is InChI=1S/C24H25FN2O2/c1-3-17(2)27(24(29)20-9-6-10-21(25)15-20)14-13-23(28)26-22-12-11-18-7-4-5-8-19(18)16-22/h4-12,15-17H,3,13-14H2,1-2H3,(H,26,28). The van der Waals surface area contributed by atoms with Gasteiger partial charge in [0.15, 0.2) is 0 Å². The molecule has 0 fully saturated rings. The number of rotatable bonds is 7. The predicted molar refractivity (Wildman–Crippen MR) is 114 cm³/mol. The van der Waals surface area contributed by atoms with Gasteiger partial charge in [-0.05, 0) is 54.4 Å². The fourth-order valence-corrected chi connectivity index (χ4v) is 3.24. The minimum Gasteiger partial charge on any atom is -0.335 e. The zero-order valence-corrected chi connectivity index (χ0v) is 16.7. The third-order valence-electron chi connectivity index (χ3n) is 5.07. The summed E-state index contributed by atoms with van der Waals surface area (Å²) >= 11 is 0. The van der Waals surface area contributed by atoms with Gasteiger partial charge < -0.3 is 10.2 Å². The van der Waals surface area contributed by atoms with Gasteiger partial charge >= 0.3 is 0 Å². The molecule has 1 unspecified atom stereocenters. The molecule has 0 heterocycles. The number of fused-ring (bicyclic) bond motifs is 1. The fourth-order valence-electron chi connectivity index (χ4n) is 3.24. The smallest absolute Gasteiger partial charge is 0.254 e. The van der Waals surface area contributed by atoms with Gasteiger partial charge in [0.05, 0.1) is 0 Å². The summed E-state index contributed by atoms with van der Waals surface area (Å²) in [6.07, 6.45) is 0.908. The van der Waals surface area contributed by atoms with E-state index in [0.717, 1.165) is 22.9 Å². The van der Waals surface area contributed by atoms with Crippen molar-refractivity contribution in [1.82, 2.24) is 4.90 Å². The van der Waals surface area contributed by atoms with Gasteiger partial charge in [-0.2, -0.15) is 0 Å². The van der Waals surface area contributed by atoms with E-state index < -0.39 is 5.82 Å². The van der Waals surface area contributed by atoms with Crippen molar-refractivity contribution >= 4 is 28.3 Å². The highest BCUT2D eigenvalue weighted by Crippen LogP contribution is 2.19. The maximum atomic E-state index is 13.5. The van der Waals surface area contributed by atoms with Crippen molar-refractivity contribution in [3.8, 4) is 0 Å². The first-order valence-electron chi connectivity index (χ1n) is 9.83. The Morgan fingerprint density at radius 2 is 1.76 bits per heavy atom. The molecule has 29 heavy (non-hydrogen) atoms. The van der Waals surface area contributed by atoms with Crippen molar-refractivity contribution in [2.45, 2.75) is 32.7 Å². The first kappa shape index (κ1) is 20.5. The van der Waals surface area contributed by atoms with E-state index in [4.69, 9.17) is 0 Å². The van der Waals surface area contributed by atoms with Crippen LogP contribution in [-0.2, 0) is 4.79 Å². The summed E-state index contributed by atoms with van der Waals surface area (Å²) in [5.74, 6) is -0.882. The van der Waals surface area contributed by atoms with Crippen LogP contribution in [0.2, 0.25) is 0 Å². The van der Waals surface area contributed by atoms with E-state index >= 15 is 0 Å². The summed E-state index contributed by atoms with van der Waals surface area (Å²) < 4.78 is 13.5. The number of amides is 2. The fraction of sp³-hybridized carbons (Fsp3) is 0.250. The van der Waals surface area contributed by atoms with Gasteiger partial charge in [0.25, 0.3) is 5.91 Å². The highest BCUT2D eigenvalue weighted by atomic mass is 19.1.